The number of benzene rings is 2. The number of halogens is 2. The van der Waals surface area contributed by atoms with Crippen molar-refractivity contribution >= 4 is 51.0 Å². The van der Waals surface area contributed by atoms with Crippen LogP contribution in [0.5, 0.6) is 5.75 Å². The van der Waals surface area contributed by atoms with Crippen molar-refractivity contribution in [2.24, 2.45) is 0 Å². The molecule has 2 aromatic carbocycles. The van der Waals surface area contributed by atoms with Crippen LogP contribution in [0.2, 0.25) is 0 Å². The molecule has 306 valence electrons. The van der Waals surface area contributed by atoms with Crippen molar-refractivity contribution in [3.8, 4) is 16.9 Å². The number of imide groups is 1. The Balaban J connectivity index is 0.710. The number of piperidine rings is 1. The Bertz CT molecular complexity index is 2610. The van der Waals surface area contributed by atoms with E-state index in [1.807, 2.05) is 18.5 Å². The minimum absolute atomic E-state index is 0.0361. The first-order chi connectivity index (χ1) is 29.1. The number of allylic oxidation sites excluding steroid dienone is 1. The highest BCUT2D eigenvalue weighted by molar-refractivity contribution is 6.25. The molecule has 9 rings (SSSR count). The minimum atomic E-state index is -3.33. The maximum Gasteiger partial charge on any atom is 0.298 e. The Kier molecular flexibility index (Phi) is 10.4. The van der Waals surface area contributed by atoms with Gasteiger partial charge in [0.25, 0.3) is 17.7 Å². The summed E-state index contributed by atoms with van der Waals surface area (Å²) >= 11 is 0. The third kappa shape index (κ3) is 7.87. The molecule has 0 spiro atoms. The highest BCUT2D eigenvalue weighted by Crippen LogP contribution is 2.34. The van der Waals surface area contributed by atoms with Gasteiger partial charge in [-0.15, -0.1) is 0 Å². The first-order valence-corrected chi connectivity index (χ1v) is 20.1. The number of alkyl halides is 2. The van der Waals surface area contributed by atoms with Crippen LogP contribution < -0.4 is 20.3 Å². The van der Waals surface area contributed by atoms with Crippen molar-refractivity contribution in [2.75, 3.05) is 56.1 Å². The summed E-state index contributed by atoms with van der Waals surface area (Å²) in [4.78, 5) is 61.6. The molecule has 3 amide bonds. The zero-order valence-corrected chi connectivity index (χ0v) is 32.8. The minimum Gasteiger partial charge on any atom is -0.486 e. The Morgan fingerprint density at radius 1 is 0.883 bits per heavy atom. The van der Waals surface area contributed by atoms with Gasteiger partial charge in [-0.2, -0.15) is 0 Å². The molecular formula is C45H43F2N9O4. The van der Waals surface area contributed by atoms with Gasteiger partial charge >= 0.3 is 0 Å². The van der Waals surface area contributed by atoms with E-state index in [-0.39, 0.29) is 29.0 Å². The molecule has 0 radical (unpaired) electrons. The first kappa shape index (κ1) is 38.8. The molecule has 2 fully saturated rings. The van der Waals surface area contributed by atoms with Crippen LogP contribution in [0, 0.1) is 0 Å². The summed E-state index contributed by atoms with van der Waals surface area (Å²) in [6.07, 6.45) is 9.61. The summed E-state index contributed by atoms with van der Waals surface area (Å²) < 4.78 is 35.6. The van der Waals surface area contributed by atoms with Crippen LogP contribution >= 0.6 is 0 Å². The largest absolute Gasteiger partial charge is 0.486 e. The quantitative estimate of drug-likeness (QED) is 0.111. The second-order valence-corrected chi connectivity index (χ2v) is 15.5. The van der Waals surface area contributed by atoms with Crippen molar-refractivity contribution in [2.45, 2.75) is 37.6 Å². The molecule has 7 heterocycles. The number of aromatic amines is 1. The van der Waals surface area contributed by atoms with Crippen LogP contribution in [0.3, 0.4) is 0 Å². The van der Waals surface area contributed by atoms with Gasteiger partial charge in [0.1, 0.15) is 17.6 Å². The van der Waals surface area contributed by atoms with Crippen molar-refractivity contribution in [1.29, 1.82) is 0 Å². The maximum atomic E-state index is 15.1. The van der Waals surface area contributed by atoms with Crippen LogP contribution in [0.25, 0.3) is 32.9 Å². The molecule has 2 saturated heterocycles. The fourth-order valence-electron chi connectivity index (χ4n) is 8.20. The molecular weight excluding hydrogens is 769 g/mol. The Labute approximate surface area is 344 Å². The number of aryl methyl sites for hydroxylation is 1. The van der Waals surface area contributed by atoms with Crippen LogP contribution in [-0.4, -0.2) is 105 Å². The Hall–Kier alpha value is -6.74. The monoisotopic (exact) mass is 811 g/mol. The van der Waals surface area contributed by atoms with E-state index in [0.717, 1.165) is 94.9 Å². The number of amides is 3. The van der Waals surface area contributed by atoms with Crippen molar-refractivity contribution in [1.82, 2.24) is 35.1 Å². The van der Waals surface area contributed by atoms with E-state index < -0.39 is 42.8 Å². The molecule has 0 aliphatic carbocycles. The molecule has 3 N–H and O–H groups in total. The zero-order chi connectivity index (χ0) is 41.4. The van der Waals surface area contributed by atoms with Gasteiger partial charge in [0.2, 0.25) is 5.91 Å². The number of hydrogen-bond acceptors (Lipinski definition) is 10. The van der Waals surface area contributed by atoms with Gasteiger partial charge in [-0.25, -0.2) is 13.8 Å². The van der Waals surface area contributed by atoms with Gasteiger partial charge in [-0.05, 0) is 80.3 Å². The topological polar surface area (TPSA) is 149 Å². The second kappa shape index (κ2) is 16.1. The van der Waals surface area contributed by atoms with Gasteiger partial charge in [-0.1, -0.05) is 30.8 Å². The summed E-state index contributed by atoms with van der Waals surface area (Å²) in [5.74, 6) is -4.22. The molecule has 0 saturated carbocycles. The smallest absolute Gasteiger partial charge is 0.298 e. The number of rotatable bonds is 13. The average molecular weight is 812 g/mol. The van der Waals surface area contributed by atoms with Gasteiger partial charge < -0.3 is 25.3 Å². The van der Waals surface area contributed by atoms with Crippen molar-refractivity contribution in [3.63, 3.8) is 0 Å². The fraction of sp³-hybridized carbons (Fsp3) is 0.289. The lowest BCUT2D eigenvalue weighted by molar-refractivity contribution is -0.125. The summed E-state index contributed by atoms with van der Waals surface area (Å²) in [6.45, 7) is 6.26. The number of anilines is 2. The Morgan fingerprint density at radius 2 is 1.73 bits per heavy atom. The van der Waals surface area contributed by atoms with Crippen LogP contribution in [0.1, 0.15) is 45.7 Å². The van der Waals surface area contributed by atoms with Crippen molar-refractivity contribution < 1.29 is 27.9 Å². The van der Waals surface area contributed by atoms with Crippen LogP contribution in [0.15, 0.2) is 104 Å². The van der Waals surface area contributed by atoms with Crippen molar-refractivity contribution in [3.05, 3.63) is 121 Å². The molecule has 1 atom stereocenters. The van der Waals surface area contributed by atoms with Gasteiger partial charge in [0.15, 0.2) is 6.61 Å². The lowest BCUT2D eigenvalue weighted by atomic mass is 10.0. The number of fused-ring (bicyclic) bond motifs is 4. The third-order valence-electron chi connectivity index (χ3n) is 11.5. The normalized spacial score (nSPS) is 17.4. The lowest BCUT2D eigenvalue weighted by Gasteiger charge is -2.35. The van der Waals surface area contributed by atoms with Crippen LogP contribution in [-0.2, 0) is 11.2 Å². The predicted octanol–water partition coefficient (Wildman–Crippen LogP) is 6.44. The number of carbonyl (C=O) groups excluding carboxylic acids is 3. The number of ether oxygens (including phenoxy) is 1. The molecule has 4 aromatic heterocycles. The number of H-pyrrole nitrogens is 1. The van der Waals surface area contributed by atoms with E-state index in [0.29, 0.717) is 12.1 Å². The standard InChI is InChI=1S/C45H43F2N9O4/c1-28-7-13-39(42(57)52-28)56-43(58)34-5-2-6-37(41(34)44(56)59)51-26-45(46,47)27-60-32-11-14-40(50-24-32)55-20-18-54(19-21-55)17-3-4-31-10-8-30(23-49-31)29-9-12-33-35-25-48-16-15-36(35)53-38(33)22-29/h2,5-6,8-12,14-16,22-25,39,51,53H,1,3-4,7,13,17-21,26-27H2,(H,52,57). The fourth-order valence-corrected chi connectivity index (χ4v) is 8.20. The SMILES string of the molecule is C=C1CCC(N2C(=O)c3cccc(NCC(F)(F)COc4ccc(N5CCN(CCCc6ccc(-c7ccc8c(c7)[nH]c7ccncc78)cn6)CC5)nc4)c3C2=O)C(=O)N1. The summed E-state index contributed by atoms with van der Waals surface area (Å²) in [7, 11) is 0. The number of nitrogens with zero attached hydrogens (tertiary/aromatic N) is 6. The molecule has 15 heteroatoms. The number of carbonyl (C=O) groups is 3. The van der Waals surface area contributed by atoms with E-state index in [1.165, 1.54) is 24.4 Å². The van der Waals surface area contributed by atoms with E-state index in [4.69, 9.17) is 9.72 Å². The van der Waals surface area contributed by atoms with E-state index in [1.54, 1.807) is 18.3 Å². The average Bonchev–Trinajstić information content (AvgIpc) is 3.76. The molecule has 3 aliphatic heterocycles. The number of pyridine rings is 3. The number of hydrogen-bond donors (Lipinski definition) is 3. The maximum absolute atomic E-state index is 15.1. The number of aromatic nitrogens is 4. The van der Waals surface area contributed by atoms with Crippen LogP contribution in [0.4, 0.5) is 20.3 Å². The van der Waals surface area contributed by atoms with E-state index in [9.17, 15) is 14.4 Å². The lowest BCUT2D eigenvalue weighted by Crippen LogP contribution is -2.51. The zero-order valence-electron chi connectivity index (χ0n) is 32.8. The highest BCUT2D eigenvalue weighted by Gasteiger charge is 2.45. The van der Waals surface area contributed by atoms with E-state index >= 15 is 8.78 Å². The van der Waals surface area contributed by atoms with Gasteiger partial charge in [-0.3, -0.25) is 34.2 Å². The summed E-state index contributed by atoms with van der Waals surface area (Å²) in [5, 5.41) is 7.49. The molecule has 3 aliphatic rings. The highest BCUT2D eigenvalue weighted by atomic mass is 19.3. The third-order valence-corrected chi connectivity index (χ3v) is 11.5. The summed E-state index contributed by atoms with van der Waals surface area (Å²) in [6, 6.07) is 19.5. The molecule has 60 heavy (non-hydrogen) atoms. The number of piperazine rings is 1. The van der Waals surface area contributed by atoms with Gasteiger partial charge in [0.05, 0.1) is 23.9 Å². The molecule has 6 aromatic rings. The molecule has 13 nitrogen and oxygen atoms in total. The Morgan fingerprint density at radius 3 is 2.52 bits per heavy atom. The first-order valence-electron chi connectivity index (χ1n) is 20.1. The summed E-state index contributed by atoms with van der Waals surface area (Å²) in [5.41, 5.74) is 6.02. The molecule has 1 unspecified atom stereocenters. The number of nitrogens with one attached hydrogen (secondary N) is 3. The van der Waals surface area contributed by atoms with E-state index in [2.05, 4.69) is 72.3 Å². The predicted molar refractivity (Wildman–Crippen MR) is 224 cm³/mol. The molecule has 0 bridgehead atoms. The van der Waals surface area contributed by atoms with Gasteiger partial charge in [0, 0.05) is 89.2 Å². The second-order valence-electron chi connectivity index (χ2n) is 15.5.